The third-order valence-electron chi connectivity index (χ3n) is 10.5. The Balaban J connectivity index is 1.63. The molecule has 5 heteroatoms. The van der Waals surface area contributed by atoms with Gasteiger partial charge in [-0.1, -0.05) is 101 Å². The minimum absolute atomic E-state index is 0.0332. The maximum Gasteiger partial charge on any atom is 0.333 e. The molecule has 2 saturated carbocycles. The minimum Gasteiger partial charge on any atom is -0.457 e. The fourth-order valence-electron chi connectivity index (χ4n) is 7.68. The van der Waals surface area contributed by atoms with E-state index in [4.69, 9.17) is 4.74 Å². The Labute approximate surface area is 252 Å². The molecule has 0 aliphatic heterocycles. The number of ether oxygens (including phenoxy) is 1. The van der Waals surface area contributed by atoms with Crippen LogP contribution in [0.2, 0.25) is 19.1 Å². The van der Waals surface area contributed by atoms with Gasteiger partial charge in [0.1, 0.15) is 6.61 Å². The second kappa shape index (κ2) is 17.0. The summed E-state index contributed by atoms with van der Waals surface area (Å²) in [6.07, 6.45) is 18.5. The van der Waals surface area contributed by atoms with Crippen molar-refractivity contribution in [2.75, 3.05) is 13.2 Å². The van der Waals surface area contributed by atoms with Crippen LogP contribution in [0.3, 0.4) is 0 Å². The smallest absolute Gasteiger partial charge is 0.333 e. The van der Waals surface area contributed by atoms with E-state index in [1.54, 1.807) is 6.92 Å². The minimum atomic E-state index is -1.82. The van der Waals surface area contributed by atoms with Crippen molar-refractivity contribution < 1.29 is 19.7 Å². The first kappa shape index (κ1) is 34.1. The first-order chi connectivity index (χ1) is 19.7. The quantitative estimate of drug-likeness (QED) is 0.0888. The number of unbranched alkanes of at least 4 members (excludes halogenated alkanes) is 2. The fraction of sp³-hybridized carbons (Fsp3) is 0.750. The molecule has 4 nitrogen and oxygen atoms in total. The summed E-state index contributed by atoms with van der Waals surface area (Å²) in [6, 6.07) is 8.14. The first-order valence-electron chi connectivity index (χ1n) is 16.9. The van der Waals surface area contributed by atoms with E-state index in [1.807, 2.05) is 0 Å². The molecule has 232 valence electrons. The van der Waals surface area contributed by atoms with Crippen molar-refractivity contribution in [3.63, 3.8) is 0 Å². The van der Waals surface area contributed by atoms with Crippen LogP contribution in [-0.2, 0) is 16.1 Å². The third kappa shape index (κ3) is 10.4. The van der Waals surface area contributed by atoms with Gasteiger partial charge in [-0.25, -0.2) is 4.79 Å². The van der Waals surface area contributed by atoms with Gasteiger partial charge in [-0.3, -0.25) is 0 Å². The largest absolute Gasteiger partial charge is 0.457 e. The predicted octanol–water partition coefficient (Wildman–Crippen LogP) is 8.26. The maximum atomic E-state index is 12.3. The van der Waals surface area contributed by atoms with E-state index in [1.165, 1.54) is 87.8 Å². The first-order valence-corrected chi connectivity index (χ1v) is 20.1. The molecule has 0 heterocycles. The molecule has 0 spiro atoms. The summed E-state index contributed by atoms with van der Waals surface area (Å²) in [6.45, 7) is 12.9. The molecule has 0 saturated heterocycles. The molecule has 2 fully saturated rings. The van der Waals surface area contributed by atoms with Gasteiger partial charge in [0.15, 0.2) is 0 Å². The molecule has 0 radical (unpaired) electrons. The maximum absolute atomic E-state index is 12.3. The van der Waals surface area contributed by atoms with Crippen molar-refractivity contribution in [3.8, 4) is 0 Å². The van der Waals surface area contributed by atoms with Gasteiger partial charge in [-0.15, -0.1) is 0 Å². The summed E-state index contributed by atoms with van der Waals surface area (Å²) in [5.74, 6) is 3.08. The predicted molar refractivity (Wildman–Crippen MR) is 174 cm³/mol. The van der Waals surface area contributed by atoms with Crippen molar-refractivity contribution in [1.29, 1.82) is 0 Å². The SMILES string of the molecule is C=C(C)C(=O)OCc1cc(C2CCC(C3CCC(CCCCC)CC3)CC2)ccc1[Si](C)(C)CCCC(CO)CO. The molecule has 2 aliphatic rings. The van der Waals surface area contributed by atoms with Gasteiger partial charge in [0.05, 0.1) is 8.07 Å². The van der Waals surface area contributed by atoms with Crippen LogP contribution in [0.25, 0.3) is 0 Å². The second-order valence-corrected chi connectivity index (χ2v) is 19.0. The number of carbonyl (C=O) groups is 1. The molecule has 2 aliphatic carbocycles. The molecule has 0 aromatic heterocycles. The van der Waals surface area contributed by atoms with Crippen molar-refractivity contribution >= 4 is 19.2 Å². The standard InChI is InChI=1S/C36H60O4Si/c1-6-7-8-10-28-12-14-30(15-13-28)31-16-18-32(19-17-31)33-20-21-35(34(23-33)26-40-36(39)27(2)3)41(4,5)22-9-11-29(24-37)25-38/h20-21,23,28-32,37-38H,2,6-19,22,24-26H2,1,3-5H3. The molecular weight excluding hydrogens is 524 g/mol. The van der Waals surface area contributed by atoms with Crippen molar-refractivity contribution in [2.45, 2.75) is 135 Å². The fourth-order valence-corrected chi connectivity index (χ4v) is 10.6. The molecule has 0 amide bonds. The summed E-state index contributed by atoms with van der Waals surface area (Å²) < 4.78 is 5.70. The molecule has 0 atom stereocenters. The molecule has 0 bridgehead atoms. The molecular formula is C36H60O4Si. The summed E-state index contributed by atoms with van der Waals surface area (Å²) in [4.78, 5) is 12.3. The lowest BCUT2D eigenvalue weighted by molar-refractivity contribution is -0.140. The third-order valence-corrected chi connectivity index (χ3v) is 14.1. The molecule has 0 unspecified atom stereocenters. The number of rotatable bonds is 16. The summed E-state index contributed by atoms with van der Waals surface area (Å²) in [5, 5.41) is 20.3. The van der Waals surface area contributed by atoms with Gasteiger partial charge < -0.3 is 14.9 Å². The Hall–Kier alpha value is -1.43. The van der Waals surface area contributed by atoms with Crippen LogP contribution >= 0.6 is 0 Å². The van der Waals surface area contributed by atoms with Gasteiger partial charge >= 0.3 is 5.97 Å². The zero-order valence-electron chi connectivity index (χ0n) is 26.8. The van der Waals surface area contributed by atoms with Gasteiger partial charge in [0, 0.05) is 24.7 Å². The zero-order valence-corrected chi connectivity index (χ0v) is 27.8. The Morgan fingerprint density at radius 3 is 2.20 bits per heavy atom. The zero-order chi connectivity index (χ0) is 29.8. The number of benzene rings is 1. The summed E-state index contributed by atoms with van der Waals surface area (Å²) in [5.41, 5.74) is 3.02. The van der Waals surface area contributed by atoms with Crippen LogP contribution in [0.1, 0.15) is 121 Å². The molecule has 1 aromatic rings. The van der Waals surface area contributed by atoms with Crippen molar-refractivity contribution in [2.24, 2.45) is 23.7 Å². The number of carbonyl (C=O) groups excluding carboxylic acids is 1. The highest BCUT2D eigenvalue weighted by Gasteiger charge is 2.32. The van der Waals surface area contributed by atoms with Crippen molar-refractivity contribution in [3.05, 3.63) is 41.5 Å². The van der Waals surface area contributed by atoms with Crippen LogP contribution in [0, 0.1) is 23.7 Å². The normalized spacial score (nSPS) is 23.5. The lowest BCUT2D eigenvalue weighted by Gasteiger charge is -2.38. The molecule has 41 heavy (non-hydrogen) atoms. The van der Waals surface area contributed by atoms with E-state index in [-0.39, 0.29) is 25.1 Å². The van der Waals surface area contributed by atoms with Crippen LogP contribution in [0.15, 0.2) is 30.4 Å². The van der Waals surface area contributed by atoms with E-state index < -0.39 is 8.07 Å². The number of aliphatic hydroxyl groups is 2. The van der Waals surface area contributed by atoms with E-state index in [2.05, 4.69) is 44.8 Å². The van der Waals surface area contributed by atoms with E-state index in [9.17, 15) is 15.0 Å². The number of aliphatic hydroxyl groups excluding tert-OH is 2. The van der Waals surface area contributed by atoms with Crippen LogP contribution < -0.4 is 5.19 Å². The Bertz CT molecular complexity index is 937. The molecule has 2 N–H and O–H groups in total. The Kier molecular flexibility index (Phi) is 14.1. The van der Waals surface area contributed by atoms with Gasteiger partial charge in [-0.05, 0) is 86.7 Å². The number of hydrogen-bond donors (Lipinski definition) is 2. The van der Waals surface area contributed by atoms with E-state index >= 15 is 0 Å². The Morgan fingerprint density at radius 2 is 1.61 bits per heavy atom. The summed E-state index contributed by atoms with van der Waals surface area (Å²) >= 11 is 0. The monoisotopic (exact) mass is 584 g/mol. The average Bonchev–Trinajstić information content (AvgIpc) is 2.98. The highest BCUT2D eigenvalue weighted by Crippen LogP contribution is 2.44. The topological polar surface area (TPSA) is 66.8 Å². The van der Waals surface area contributed by atoms with Crippen LogP contribution in [-0.4, -0.2) is 37.5 Å². The molecule has 1 aromatic carbocycles. The average molecular weight is 585 g/mol. The van der Waals surface area contributed by atoms with Crippen LogP contribution in [0.5, 0.6) is 0 Å². The van der Waals surface area contributed by atoms with E-state index in [0.29, 0.717) is 18.1 Å². The van der Waals surface area contributed by atoms with E-state index in [0.717, 1.165) is 42.2 Å². The van der Waals surface area contributed by atoms with Gasteiger partial charge in [-0.2, -0.15) is 0 Å². The van der Waals surface area contributed by atoms with Gasteiger partial charge in [0.25, 0.3) is 0 Å². The lowest BCUT2D eigenvalue weighted by atomic mass is 9.68. The number of hydrogen-bond acceptors (Lipinski definition) is 4. The second-order valence-electron chi connectivity index (χ2n) is 14.2. The lowest BCUT2D eigenvalue weighted by Crippen LogP contribution is -2.43. The Morgan fingerprint density at radius 1 is 0.976 bits per heavy atom. The number of esters is 1. The van der Waals surface area contributed by atoms with Crippen LogP contribution in [0.4, 0.5) is 0 Å². The highest BCUT2D eigenvalue weighted by atomic mass is 28.3. The highest BCUT2D eigenvalue weighted by molar-refractivity contribution is 6.90. The van der Waals surface area contributed by atoms with Crippen molar-refractivity contribution in [1.82, 2.24) is 0 Å². The summed E-state index contributed by atoms with van der Waals surface area (Å²) in [7, 11) is -1.82. The van der Waals surface area contributed by atoms with Gasteiger partial charge in [0.2, 0.25) is 0 Å². The molecule has 3 rings (SSSR count).